The monoisotopic (exact) mass is 315 g/mol. The highest BCUT2D eigenvalue weighted by Gasteiger charge is 2.24. The summed E-state index contributed by atoms with van der Waals surface area (Å²) >= 11 is 0. The van der Waals surface area contributed by atoms with E-state index in [-0.39, 0.29) is 17.9 Å². The zero-order valence-electron chi connectivity index (χ0n) is 13.7. The van der Waals surface area contributed by atoms with Gasteiger partial charge in [-0.3, -0.25) is 9.59 Å². The molecule has 0 bridgehead atoms. The Kier molecular flexibility index (Phi) is 4.02. The van der Waals surface area contributed by atoms with Crippen molar-refractivity contribution in [2.24, 2.45) is 0 Å². The van der Waals surface area contributed by atoms with E-state index in [0.29, 0.717) is 24.3 Å². The van der Waals surface area contributed by atoms with E-state index >= 15 is 0 Å². The molecule has 0 unspecified atom stereocenters. The Morgan fingerprint density at radius 3 is 2.61 bits per heavy atom. The highest BCUT2D eigenvalue weighted by Crippen LogP contribution is 2.14. The fraction of sp³-hybridized carbons (Fsp3) is 0.500. The number of nitrogens with one attached hydrogen (secondary N) is 1. The van der Waals surface area contributed by atoms with Gasteiger partial charge in [0, 0.05) is 37.4 Å². The smallest absolute Gasteiger partial charge is 0.256 e. The van der Waals surface area contributed by atoms with E-state index in [1.807, 2.05) is 24.8 Å². The normalized spacial score (nSPS) is 15.9. The van der Waals surface area contributed by atoms with Crippen LogP contribution >= 0.6 is 0 Å². The molecular formula is C16H21N5O2. The molecule has 1 fully saturated rings. The molecule has 0 saturated carbocycles. The van der Waals surface area contributed by atoms with E-state index in [2.05, 4.69) is 15.4 Å². The average Bonchev–Trinajstić information content (AvgIpc) is 2.91. The molecule has 1 aliphatic rings. The van der Waals surface area contributed by atoms with E-state index in [4.69, 9.17) is 0 Å². The first-order valence-electron chi connectivity index (χ1n) is 7.84. The summed E-state index contributed by atoms with van der Waals surface area (Å²) < 4.78 is 1.68. The first-order chi connectivity index (χ1) is 11.0. The van der Waals surface area contributed by atoms with Crippen LogP contribution in [0.1, 0.15) is 41.5 Å². The predicted molar refractivity (Wildman–Crippen MR) is 85.2 cm³/mol. The van der Waals surface area contributed by atoms with Crippen LogP contribution in [0.3, 0.4) is 0 Å². The molecule has 7 nitrogen and oxygen atoms in total. The SMILES string of the molecule is CC(=O)N1CCC(NC(=O)c2cnn3c(C)cc(C)nc23)CC1. The van der Waals surface area contributed by atoms with Crippen molar-refractivity contribution >= 4 is 17.5 Å². The lowest BCUT2D eigenvalue weighted by Crippen LogP contribution is -2.46. The lowest BCUT2D eigenvalue weighted by Gasteiger charge is -2.31. The summed E-state index contributed by atoms with van der Waals surface area (Å²) in [6.07, 6.45) is 3.11. The number of amides is 2. The summed E-state index contributed by atoms with van der Waals surface area (Å²) in [6.45, 7) is 6.79. The number of rotatable bonds is 2. The summed E-state index contributed by atoms with van der Waals surface area (Å²) in [5, 5.41) is 7.29. The fourth-order valence-electron chi connectivity index (χ4n) is 3.03. The van der Waals surface area contributed by atoms with E-state index in [0.717, 1.165) is 24.2 Å². The molecule has 122 valence electrons. The summed E-state index contributed by atoms with van der Waals surface area (Å²) in [5.41, 5.74) is 2.88. The van der Waals surface area contributed by atoms with Gasteiger partial charge in [-0.05, 0) is 32.8 Å². The van der Waals surface area contributed by atoms with Crippen LogP contribution in [0.4, 0.5) is 0 Å². The van der Waals surface area contributed by atoms with E-state index in [1.54, 1.807) is 17.6 Å². The van der Waals surface area contributed by atoms with Gasteiger partial charge in [0.05, 0.1) is 6.20 Å². The van der Waals surface area contributed by atoms with E-state index in [1.165, 1.54) is 0 Å². The quantitative estimate of drug-likeness (QED) is 0.899. The third kappa shape index (κ3) is 3.04. The second-order valence-electron chi connectivity index (χ2n) is 6.09. The second kappa shape index (κ2) is 5.98. The Morgan fingerprint density at radius 1 is 1.26 bits per heavy atom. The largest absolute Gasteiger partial charge is 0.349 e. The van der Waals surface area contributed by atoms with Crippen molar-refractivity contribution in [3.05, 3.63) is 29.2 Å². The topological polar surface area (TPSA) is 79.6 Å². The minimum Gasteiger partial charge on any atom is -0.349 e. The summed E-state index contributed by atoms with van der Waals surface area (Å²) in [4.78, 5) is 30.1. The molecule has 7 heteroatoms. The number of hydrogen-bond acceptors (Lipinski definition) is 4. The zero-order chi connectivity index (χ0) is 16.6. The number of aromatic nitrogens is 3. The molecule has 0 atom stereocenters. The molecule has 3 heterocycles. The molecule has 23 heavy (non-hydrogen) atoms. The molecule has 2 amide bonds. The molecule has 0 radical (unpaired) electrons. The summed E-state index contributed by atoms with van der Waals surface area (Å²) in [7, 11) is 0. The minimum atomic E-state index is -0.154. The van der Waals surface area contributed by atoms with Gasteiger partial charge in [0.25, 0.3) is 5.91 Å². The predicted octanol–water partition coefficient (Wildman–Crippen LogP) is 1.09. The molecule has 1 N–H and O–H groups in total. The van der Waals surface area contributed by atoms with Crippen LogP contribution in [0.2, 0.25) is 0 Å². The lowest BCUT2D eigenvalue weighted by atomic mass is 10.0. The zero-order valence-corrected chi connectivity index (χ0v) is 13.7. The number of hydrogen-bond donors (Lipinski definition) is 1. The Bertz CT molecular complexity index is 759. The highest BCUT2D eigenvalue weighted by molar-refractivity contribution is 5.99. The van der Waals surface area contributed by atoms with Crippen molar-refractivity contribution < 1.29 is 9.59 Å². The third-order valence-corrected chi connectivity index (χ3v) is 4.30. The van der Waals surface area contributed by atoms with Gasteiger partial charge in [0.2, 0.25) is 5.91 Å². The number of carbonyl (C=O) groups is 2. The molecule has 0 spiro atoms. The average molecular weight is 315 g/mol. The minimum absolute atomic E-state index is 0.0824. The number of nitrogens with zero attached hydrogens (tertiary/aromatic N) is 4. The molecular weight excluding hydrogens is 294 g/mol. The van der Waals surface area contributed by atoms with Crippen LogP contribution in [0.25, 0.3) is 5.65 Å². The number of aryl methyl sites for hydroxylation is 2. The van der Waals surface area contributed by atoms with E-state index < -0.39 is 0 Å². The van der Waals surface area contributed by atoms with Crippen molar-refractivity contribution in [1.82, 2.24) is 24.8 Å². The number of carbonyl (C=O) groups excluding carboxylic acids is 2. The molecule has 1 aliphatic heterocycles. The van der Waals surface area contributed by atoms with Gasteiger partial charge in [0.15, 0.2) is 5.65 Å². The van der Waals surface area contributed by atoms with Crippen molar-refractivity contribution in [2.45, 2.75) is 39.7 Å². The maximum atomic E-state index is 12.5. The van der Waals surface area contributed by atoms with Gasteiger partial charge in [-0.2, -0.15) is 5.10 Å². The standard InChI is InChI=1S/C16H21N5O2/c1-10-8-11(2)21-15(18-10)14(9-17-21)16(23)19-13-4-6-20(7-5-13)12(3)22/h8-9,13H,4-7H2,1-3H3,(H,19,23). The van der Waals surface area contributed by atoms with E-state index in [9.17, 15) is 9.59 Å². The van der Waals surface area contributed by atoms with Crippen LogP contribution in [0.5, 0.6) is 0 Å². The van der Waals surface area contributed by atoms with Crippen molar-refractivity contribution in [2.75, 3.05) is 13.1 Å². The van der Waals surface area contributed by atoms with Gasteiger partial charge in [-0.15, -0.1) is 0 Å². The number of likely N-dealkylation sites (tertiary alicyclic amines) is 1. The molecule has 3 rings (SSSR count). The number of piperidine rings is 1. The Hall–Kier alpha value is -2.44. The lowest BCUT2D eigenvalue weighted by molar-refractivity contribution is -0.129. The Labute approximate surface area is 134 Å². The van der Waals surface area contributed by atoms with Gasteiger partial charge in [-0.25, -0.2) is 9.50 Å². The van der Waals surface area contributed by atoms with Gasteiger partial charge >= 0.3 is 0 Å². The molecule has 2 aromatic rings. The summed E-state index contributed by atoms with van der Waals surface area (Å²) in [5.74, 6) is -0.0636. The van der Waals surface area contributed by atoms with Crippen LogP contribution in [0, 0.1) is 13.8 Å². The van der Waals surface area contributed by atoms with Crippen LogP contribution in [-0.2, 0) is 4.79 Å². The van der Waals surface area contributed by atoms with Crippen molar-refractivity contribution in [3.63, 3.8) is 0 Å². The molecule has 1 saturated heterocycles. The molecule has 0 aliphatic carbocycles. The molecule has 2 aromatic heterocycles. The number of fused-ring (bicyclic) bond motifs is 1. The van der Waals surface area contributed by atoms with Crippen molar-refractivity contribution in [1.29, 1.82) is 0 Å². The first kappa shape index (κ1) is 15.5. The maximum Gasteiger partial charge on any atom is 0.256 e. The van der Waals surface area contributed by atoms with Gasteiger partial charge in [0.1, 0.15) is 5.56 Å². The van der Waals surface area contributed by atoms with Crippen LogP contribution in [0.15, 0.2) is 12.3 Å². The summed E-state index contributed by atoms with van der Waals surface area (Å²) in [6, 6.07) is 2.01. The van der Waals surface area contributed by atoms with Crippen molar-refractivity contribution in [3.8, 4) is 0 Å². The Morgan fingerprint density at radius 2 is 1.96 bits per heavy atom. The Balaban J connectivity index is 1.73. The fourth-order valence-corrected chi connectivity index (χ4v) is 3.03. The van der Waals surface area contributed by atoms with Crippen LogP contribution < -0.4 is 5.32 Å². The first-order valence-corrected chi connectivity index (χ1v) is 7.84. The van der Waals surface area contributed by atoms with Crippen LogP contribution in [-0.4, -0.2) is 50.4 Å². The van der Waals surface area contributed by atoms with Gasteiger partial charge in [-0.1, -0.05) is 0 Å². The maximum absolute atomic E-state index is 12.5. The highest BCUT2D eigenvalue weighted by atomic mass is 16.2. The third-order valence-electron chi connectivity index (χ3n) is 4.30. The molecule has 0 aromatic carbocycles. The van der Waals surface area contributed by atoms with Gasteiger partial charge < -0.3 is 10.2 Å². The second-order valence-corrected chi connectivity index (χ2v) is 6.09.